The van der Waals surface area contributed by atoms with Crippen LogP contribution in [0.15, 0.2) is 53.1 Å². The van der Waals surface area contributed by atoms with E-state index in [4.69, 9.17) is 16.1 Å². The molecule has 3 rings (SSSR count). The van der Waals surface area contributed by atoms with Crippen molar-refractivity contribution in [3.63, 3.8) is 0 Å². The summed E-state index contributed by atoms with van der Waals surface area (Å²) >= 11 is 5.84. The molecular weight excluding hydrogens is 326 g/mol. The van der Waals surface area contributed by atoms with Gasteiger partial charge >= 0.3 is 0 Å². The first-order chi connectivity index (χ1) is 11.5. The second-order valence-corrected chi connectivity index (χ2v) is 5.98. The van der Waals surface area contributed by atoms with Crippen LogP contribution in [-0.2, 0) is 6.54 Å². The highest BCUT2D eigenvalue weighted by Crippen LogP contribution is 2.17. The fourth-order valence-electron chi connectivity index (χ4n) is 2.23. The van der Waals surface area contributed by atoms with Crippen molar-refractivity contribution in [3.05, 3.63) is 70.6 Å². The molecule has 1 heterocycles. The van der Waals surface area contributed by atoms with E-state index in [9.17, 15) is 4.79 Å². The van der Waals surface area contributed by atoms with Gasteiger partial charge in [0.25, 0.3) is 5.91 Å². The molecule has 1 amide bonds. The summed E-state index contributed by atoms with van der Waals surface area (Å²) in [6.07, 6.45) is 0. The van der Waals surface area contributed by atoms with Crippen molar-refractivity contribution in [3.8, 4) is 11.4 Å². The van der Waals surface area contributed by atoms with Crippen molar-refractivity contribution in [2.45, 2.75) is 13.5 Å². The van der Waals surface area contributed by atoms with Crippen molar-refractivity contribution >= 4 is 17.5 Å². The lowest BCUT2D eigenvalue weighted by Crippen LogP contribution is -2.26. The standard InChI is InChI=1S/C18H16ClN3O2/c1-12-3-5-13(6-4-12)17-20-16(24-21-17)11-22(2)18(23)14-7-9-15(19)10-8-14/h3-10H,11H2,1-2H3. The fourth-order valence-corrected chi connectivity index (χ4v) is 2.35. The number of aromatic nitrogens is 2. The van der Waals surface area contributed by atoms with E-state index in [0.717, 1.165) is 11.1 Å². The average molecular weight is 342 g/mol. The Labute approximate surface area is 144 Å². The van der Waals surface area contributed by atoms with Crippen LogP contribution in [0.1, 0.15) is 21.8 Å². The zero-order valence-electron chi connectivity index (χ0n) is 13.4. The molecule has 0 saturated heterocycles. The molecule has 0 unspecified atom stereocenters. The summed E-state index contributed by atoms with van der Waals surface area (Å²) < 4.78 is 5.25. The SMILES string of the molecule is Cc1ccc(-c2noc(CN(C)C(=O)c3ccc(Cl)cc3)n2)cc1. The Morgan fingerprint density at radius 1 is 1.12 bits per heavy atom. The van der Waals surface area contributed by atoms with Gasteiger partial charge in [0, 0.05) is 23.2 Å². The maximum atomic E-state index is 12.4. The number of carbonyl (C=O) groups is 1. The highest BCUT2D eigenvalue weighted by molar-refractivity contribution is 6.30. The fraction of sp³-hybridized carbons (Fsp3) is 0.167. The molecule has 0 bridgehead atoms. The van der Waals surface area contributed by atoms with Gasteiger partial charge in [-0.25, -0.2) is 0 Å². The first-order valence-corrected chi connectivity index (χ1v) is 7.81. The number of hydrogen-bond donors (Lipinski definition) is 0. The molecule has 6 heteroatoms. The Bertz CT molecular complexity index is 841. The van der Waals surface area contributed by atoms with Gasteiger partial charge in [-0.2, -0.15) is 4.98 Å². The molecule has 0 N–H and O–H groups in total. The predicted molar refractivity (Wildman–Crippen MR) is 91.7 cm³/mol. The van der Waals surface area contributed by atoms with Crippen LogP contribution >= 0.6 is 11.6 Å². The Balaban J connectivity index is 1.70. The third kappa shape index (κ3) is 3.63. The molecule has 0 aliphatic carbocycles. The van der Waals surface area contributed by atoms with E-state index in [-0.39, 0.29) is 12.5 Å². The summed E-state index contributed by atoms with van der Waals surface area (Å²) in [5, 5.41) is 4.56. The maximum Gasteiger partial charge on any atom is 0.254 e. The lowest BCUT2D eigenvalue weighted by atomic mass is 10.1. The average Bonchev–Trinajstić information content (AvgIpc) is 3.04. The van der Waals surface area contributed by atoms with Gasteiger partial charge in [0.1, 0.15) is 0 Å². The Morgan fingerprint density at radius 3 is 2.46 bits per heavy atom. The van der Waals surface area contributed by atoms with Gasteiger partial charge in [0.2, 0.25) is 11.7 Å². The molecule has 0 atom stereocenters. The van der Waals surface area contributed by atoms with Crippen LogP contribution in [-0.4, -0.2) is 28.0 Å². The first kappa shape index (κ1) is 16.2. The van der Waals surface area contributed by atoms with E-state index in [0.29, 0.717) is 22.3 Å². The molecular formula is C18H16ClN3O2. The quantitative estimate of drug-likeness (QED) is 0.720. The second-order valence-electron chi connectivity index (χ2n) is 5.55. The summed E-state index contributed by atoms with van der Waals surface area (Å²) in [5.41, 5.74) is 2.60. The zero-order chi connectivity index (χ0) is 17.1. The second kappa shape index (κ2) is 6.84. The van der Waals surface area contributed by atoms with E-state index in [1.165, 1.54) is 4.90 Å². The molecule has 3 aromatic rings. The highest BCUT2D eigenvalue weighted by atomic mass is 35.5. The van der Waals surface area contributed by atoms with Crippen molar-refractivity contribution in [1.29, 1.82) is 0 Å². The molecule has 0 saturated carbocycles. The zero-order valence-corrected chi connectivity index (χ0v) is 14.1. The van der Waals surface area contributed by atoms with Crippen molar-refractivity contribution in [2.24, 2.45) is 0 Å². The van der Waals surface area contributed by atoms with Crippen LogP contribution in [0, 0.1) is 6.92 Å². The molecule has 0 aliphatic heterocycles. The van der Waals surface area contributed by atoms with Crippen molar-refractivity contribution in [2.75, 3.05) is 7.05 Å². The molecule has 122 valence electrons. The number of hydrogen-bond acceptors (Lipinski definition) is 4. The first-order valence-electron chi connectivity index (χ1n) is 7.43. The molecule has 1 aromatic heterocycles. The molecule has 0 fully saturated rings. The van der Waals surface area contributed by atoms with Crippen molar-refractivity contribution in [1.82, 2.24) is 15.0 Å². The smallest absolute Gasteiger partial charge is 0.254 e. The minimum absolute atomic E-state index is 0.137. The number of benzene rings is 2. The summed E-state index contributed by atoms with van der Waals surface area (Å²) in [4.78, 5) is 18.2. The van der Waals surface area contributed by atoms with Crippen LogP contribution in [0.25, 0.3) is 11.4 Å². The summed E-state index contributed by atoms with van der Waals surface area (Å²) in [5.74, 6) is 0.759. The lowest BCUT2D eigenvalue weighted by Gasteiger charge is -2.14. The minimum atomic E-state index is -0.137. The van der Waals surface area contributed by atoms with Crippen LogP contribution < -0.4 is 0 Å². The predicted octanol–water partition coefficient (Wildman–Crippen LogP) is 3.97. The number of nitrogens with zero attached hydrogens (tertiary/aromatic N) is 3. The summed E-state index contributed by atoms with van der Waals surface area (Å²) in [6.45, 7) is 2.25. The third-order valence-corrected chi connectivity index (χ3v) is 3.84. The lowest BCUT2D eigenvalue weighted by molar-refractivity contribution is 0.0769. The Hall–Kier alpha value is -2.66. The number of carbonyl (C=O) groups excluding carboxylic acids is 1. The normalized spacial score (nSPS) is 10.6. The minimum Gasteiger partial charge on any atom is -0.337 e. The van der Waals surface area contributed by atoms with E-state index < -0.39 is 0 Å². The van der Waals surface area contributed by atoms with Crippen LogP contribution in [0.5, 0.6) is 0 Å². The van der Waals surface area contributed by atoms with Gasteiger partial charge in [0.15, 0.2) is 0 Å². The summed E-state index contributed by atoms with van der Waals surface area (Å²) in [6, 6.07) is 14.6. The molecule has 2 aromatic carbocycles. The van der Waals surface area contributed by atoms with E-state index in [2.05, 4.69) is 10.1 Å². The molecule has 24 heavy (non-hydrogen) atoms. The van der Waals surface area contributed by atoms with Gasteiger partial charge in [0.05, 0.1) is 6.54 Å². The van der Waals surface area contributed by atoms with E-state index in [1.54, 1.807) is 31.3 Å². The number of halogens is 1. The van der Waals surface area contributed by atoms with Gasteiger partial charge in [-0.3, -0.25) is 4.79 Å². The van der Waals surface area contributed by atoms with E-state index >= 15 is 0 Å². The largest absolute Gasteiger partial charge is 0.337 e. The maximum absolute atomic E-state index is 12.4. The Kier molecular flexibility index (Phi) is 4.62. The number of amides is 1. The van der Waals surface area contributed by atoms with Crippen molar-refractivity contribution < 1.29 is 9.32 Å². The van der Waals surface area contributed by atoms with Crippen LogP contribution in [0.2, 0.25) is 5.02 Å². The third-order valence-electron chi connectivity index (χ3n) is 3.59. The Morgan fingerprint density at radius 2 is 1.79 bits per heavy atom. The summed E-state index contributed by atoms with van der Waals surface area (Å²) in [7, 11) is 1.69. The van der Waals surface area contributed by atoms with Crippen LogP contribution in [0.4, 0.5) is 0 Å². The molecule has 0 spiro atoms. The molecule has 0 radical (unpaired) electrons. The highest BCUT2D eigenvalue weighted by Gasteiger charge is 2.16. The molecule has 0 aliphatic rings. The van der Waals surface area contributed by atoms with Crippen LogP contribution in [0.3, 0.4) is 0 Å². The van der Waals surface area contributed by atoms with Gasteiger partial charge in [-0.05, 0) is 31.2 Å². The monoisotopic (exact) mass is 341 g/mol. The topological polar surface area (TPSA) is 59.2 Å². The molecule has 5 nitrogen and oxygen atoms in total. The van der Waals surface area contributed by atoms with Gasteiger partial charge < -0.3 is 9.42 Å². The van der Waals surface area contributed by atoms with Gasteiger partial charge in [-0.15, -0.1) is 0 Å². The number of rotatable bonds is 4. The number of aryl methyl sites for hydroxylation is 1. The van der Waals surface area contributed by atoms with E-state index in [1.807, 2.05) is 31.2 Å². The van der Waals surface area contributed by atoms with Gasteiger partial charge in [-0.1, -0.05) is 46.6 Å².